The Bertz CT molecular complexity index is 471. The first kappa shape index (κ1) is 15.2. The Morgan fingerprint density at radius 2 is 2.21 bits per heavy atom. The van der Waals surface area contributed by atoms with Crippen LogP contribution in [-0.2, 0) is 4.79 Å². The van der Waals surface area contributed by atoms with Crippen molar-refractivity contribution < 1.29 is 14.3 Å². The number of anilines is 1. The lowest BCUT2D eigenvalue weighted by Crippen LogP contribution is -2.24. The van der Waals surface area contributed by atoms with Gasteiger partial charge in [0.25, 0.3) is 0 Å². The average molecular weight is 265 g/mol. The molecule has 0 heterocycles. The molecule has 0 saturated heterocycles. The number of rotatable bonds is 6. The van der Waals surface area contributed by atoms with Crippen LogP contribution in [0.25, 0.3) is 6.08 Å². The fraction of sp³-hybridized carbons (Fsp3) is 0.400. The summed E-state index contributed by atoms with van der Waals surface area (Å²) in [5.74, 6) is -0.882. The van der Waals surface area contributed by atoms with Gasteiger partial charge >= 0.3 is 5.97 Å². The van der Waals surface area contributed by atoms with Gasteiger partial charge in [-0.1, -0.05) is 26.3 Å². The number of aliphatic carboxylic acids is 1. The molecule has 0 spiro atoms. The zero-order valence-corrected chi connectivity index (χ0v) is 11.6. The zero-order chi connectivity index (χ0) is 14.4. The summed E-state index contributed by atoms with van der Waals surface area (Å²) in [5.41, 5.74) is 1.08. The van der Waals surface area contributed by atoms with Crippen LogP contribution in [0.4, 0.5) is 10.1 Å². The van der Waals surface area contributed by atoms with E-state index < -0.39 is 5.97 Å². The van der Waals surface area contributed by atoms with Crippen molar-refractivity contribution in [2.24, 2.45) is 5.92 Å². The smallest absolute Gasteiger partial charge is 0.328 e. The van der Waals surface area contributed by atoms with Crippen LogP contribution in [0.5, 0.6) is 0 Å². The Balaban J connectivity index is 2.85. The Labute approximate surface area is 113 Å². The molecule has 0 radical (unpaired) electrons. The Hall–Kier alpha value is -1.84. The van der Waals surface area contributed by atoms with Gasteiger partial charge in [0.2, 0.25) is 0 Å². The first-order valence-electron chi connectivity index (χ1n) is 6.35. The third kappa shape index (κ3) is 4.73. The second-order valence-corrected chi connectivity index (χ2v) is 4.78. The number of carbonyl (C=O) groups is 1. The molecule has 19 heavy (non-hydrogen) atoms. The van der Waals surface area contributed by atoms with E-state index in [2.05, 4.69) is 13.8 Å². The molecule has 1 atom stereocenters. The molecule has 1 unspecified atom stereocenters. The number of halogens is 1. The van der Waals surface area contributed by atoms with Crippen molar-refractivity contribution in [3.63, 3.8) is 0 Å². The van der Waals surface area contributed by atoms with Gasteiger partial charge in [0, 0.05) is 19.7 Å². The van der Waals surface area contributed by atoms with Gasteiger partial charge in [0.15, 0.2) is 0 Å². The summed E-state index contributed by atoms with van der Waals surface area (Å²) in [5, 5.41) is 8.52. The summed E-state index contributed by atoms with van der Waals surface area (Å²) in [6.45, 7) is 5.02. The summed E-state index contributed by atoms with van der Waals surface area (Å²) >= 11 is 0. The lowest BCUT2D eigenvalue weighted by molar-refractivity contribution is -0.131. The molecule has 0 saturated carbocycles. The molecule has 3 nitrogen and oxygen atoms in total. The second kappa shape index (κ2) is 6.92. The van der Waals surface area contributed by atoms with Crippen molar-refractivity contribution in [1.29, 1.82) is 0 Å². The maximum absolute atomic E-state index is 14.0. The summed E-state index contributed by atoms with van der Waals surface area (Å²) in [6.07, 6.45) is 3.42. The largest absolute Gasteiger partial charge is 0.478 e. The van der Waals surface area contributed by atoms with Crippen molar-refractivity contribution >= 4 is 17.7 Å². The fourth-order valence-corrected chi connectivity index (χ4v) is 1.80. The van der Waals surface area contributed by atoms with Gasteiger partial charge in [-0.05, 0) is 29.7 Å². The molecule has 0 aliphatic heterocycles. The number of carboxylic acids is 1. The molecule has 1 aromatic rings. The van der Waals surface area contributed by atoms with Crippen LogP contribution in [0.3, 0.4) is 0 Å². The van der Waals surface area contributed by atoms with Crippen LogP contribution >= 0.6 is 0 Å². The molecule has 0 bridgehead atoms. The summed E-state index contributed by atoms with van der Waals surface area (Å²) in [6, 6.07) is 4.74. The van der Waals surface area contributed by atoms with Gasteiger partial charge < -0.3 is 10.0 Å². The quantitative estimate of drug-likeness (QED) is 0.801. The Kier molecular flexibility index (Phi) is 5.55. The highest BCUT2D eigenvalue weighted by Gasteiger charge is 2.10. The first-order valence-corrected chi connectivity index (χ1v) is 6.35. The lowest BCUT2D eigenvalue weighted by atomic mass is 10.1. The van der Waals surface area contributed by atoms with Crippen molar-refractivity contribution in [2.45, 2.75) is 20.3 Å². The summed E-state index contributed by atoms with van der Waals surface area (Å²) in [7, 11) is 1.86. The maximum Gasteiger partial charge on any atom is 0.328 e. The minimum absolute atomic E-state index is 0.335. The highest BCUT2D eigenvalue weighted by Crippen LogP contribution is 2.21. The van der Waals surface area contributed by atoms with Crippen LogP contribution in [0.1, 0.15) is 25.8 Å². The van der Waals surface area contributed by atoms with E-state index in [0.717, 1.165) is 19.0 Å². The molecule has 1 aromatic carbocycles. The number of hydrogen-bond donors (Lipinski definition) is 1. The number of benzene rings is 1. The molecule has 0 aromatic heterocycles. The molecule has 0 aliphatic rings. The third-order valence-corrected chi connectivity index (χ3v) is 3.08. The fourth-order valence-electron chi connectivity index (χ4n) is 1.80. The molecule has 104 valence electrons. The van der Waals surface area contributed by atoms with Gasteiger partial charge in [-0.25, -0.2) is 9.18 Å². The summed E-state index contributed by atoms with van der Waals surface area (Å²) < 4.78 is 14.0. The van der Waals surface area contributed by atoms with Crippen LogP contribution in [0, 0.1) is 11.7 Å². The highest BCUT2D eigenvalue weighted by molar-refractivity contribution is 5.85. The molecule has 0 amide bonds. The van der Waals surface area contributed by atoms with E-state index >= 15 is 0 Å². The average Bonchev–Trinajstić information content (AvgIpc) is 2.35. The lowest BCUT2D eigenvalue weighted by Gasteiger charge is -2.23. The molecule has 0 fully saturated rings. The molecule has 4 heteroatoms. The topological polar surface area (TPSA) is 40.5 Å². The standard InChI is InChI=1S/C15H20FNO2/c1-4-11(2)10-17(3)14-7-5-12(9-13(14)16)6-8-15(18)19/h5-9,11H,4,10H2,1-3H3,(H,18,19)/b8-6+. The Morgan fingerprint density at radius 1 is 1.53 bits per heavy atom. The molecular weight excluding hydrogens is 245 g/mol. The predicted octanol–water partition coefficient (Wildman–Crippen LogP) is 3.41. The highest BCUT2D eigenvalue weighted by atomic mass is 19.1. The van der Waals surface area contributed by atoms with Crippen LogP contribution in [0.15, 0.2) is 24.3 Å². The van der Waals surface area contributed by atoms with Crippen molar-refractivity contribution in [3.05, 3.63) is 35.7 Å². The normalized spacial score (nSPS) is 12.6. The van der Waals surface area contributed by atoms with E-state index in [4.69, 9.17) is 5.11 Å². The van der Waals surface area contributed by atoms with Gasteiger partial charge in [0.05, 0.1) is 5.69 Å². The molecule has 1 N–H and O–H groups in total. The molecule has 1 rings (SSSR count). The monoisotopic (exact) mass is 265 g/mol. The van der Waals surface area contributed by atoms with Gasteiger partial charge in [-0.2, -0.15) is 0 Å². The summed E-state index contributed by atoms with van der Waals surface area (Å²) in [4.78, 5) is 12.3. The van der Waals surface area contributed by atoms with Gasteiger partial charge in [-0.15, -0.1) is 0 Å². The molecule has 0 aliphatic carbocycles. The van der Waals surface area contributed by atoms with Crippen molar-refractivity contribution in [3.8, 4) is 0 Å². The second-order valence-electron chi connectivity index (χ2n) is 4.78. The van der Waals surface area contributed by atoms with Crippen LogP contribution in [-0.4, -0.2) is 24.7 Å². The minimum atomic E-state index is -1.04. The van der Waals surface area contributed by atoms with Crippen molar-refractivity contribution in [1.82, 2.24) is 0 Å². The number of nitrogens with zero attached hydrogens (tertiary/aromatic N) is 1. The minimum Gasteiger partial charge on any atom is -0.478 e. The van der Waals surface area contributed by atoms with Crippen LogP contribution < -0.4 is 4.90 Å². The zero-order valence-electron chi connectivity index (χ0n) is 11.6. The van der Waals surface area contributed by atoms with E-state index in [1.807, 2.05) is 11.9 Å². The van der Waals surface area contributed by atoms with E-state index in [1.165, 1.54) is 12.1 Å². The van der Waals surface area contributed by atoms with Gasteiger partial charge in [-0.3, -0.25) is 0 Å². The van der Waals surface area contributed by atoms with Crippen LogP contribution in [0.2, 0.25) is 0 Å². The van der Waals surface area contributed by atoms with Gasteiger partial charge in [0.1, 0.15) is 5.82 Å². The number of hydrogen-bond acceptors (Lipinski definition) is 2. The maximum atomic E-state index is 14.0. The Morgan fingerprint density at radius 3 is 2.74 bits per heavy atom. The first-order chi connectivity index (χ1) is 8.93. The van der Waals surface area contributed by atoms with E-state index in [1.54, 1.807) is 12.1 Å². The predicted molar refractivity (Wildman–Crippen MR) is 75.8 cm³/mol. The van der Waals surface area contributed by atoms with E-state index in [-0.39, 0.29) is 5.82 Å². The third-order valence-electron chi connectivity index (χ3n) is 3.08. The molecular formula is C15H20FNO2. The van der Waals surface area contributed by atoms with Crippen molar-refractivity contribution in [2.75, 3.05) is 18.5 Å². The number of carboxylic acid groups (broad SMARTS) is 1. The SMILES string of the molecule is CCC(C)CN(C)c1ccc(/C=C/C(=O)O)cc1F. The van der Waals surface area contributed by atoms with E-state index in [9.17, 15) is 9.18 Å². The van der Waals surface area contributed by atoms with E-state index in [0.29, 0.717) is 17.2 Å².